The molecule has 5 aliphatic carbocycles. The number of allylic oxidation sites excluding steroid dienone is 4. The lowest BCUT2D eigenvalue weighted by Crippen LogP contribution is -2.66. The van der Waals surface area contributed by atoms with Crippen molar-refractivity contribution in [2.24, 2.45) is 39.4 Å². The van der Waals surface area contributed by atoms with Crippen molar-refractivity contribution in [3.63, 3.8) is 0 Å². The maximum Gasteiger partial charge on any atom is 0.220 e. The third-order valence-electron chi connectivity index (χ3n) is 11.2. The summed E-state index contributed by atoms with van der Waals surface area (Å²) in [6.07, 6.45) is 8.45. The fourth-order valence-corrected chi connectivity index (χ4v) is 9.14. The summed E-state index contributed by atoms with van der Waals surface area (Å²) in [4.78, 5) is 25.2. The highest BCUT2D eigenvalue weighted by molar-refractivity contribution is 6.06. The second-order valence-electron chi connectivity index (χ2n) is 12.7. The van der Waals surface area contributed by atoms with Gasteiger partial charge in [0.25, 0.3) is 0 Å². The largest absolute Gasteiger partial charge is 0.504 e. The molecular weight excluding hydrogens is 400 g/mol. The fraction of sp³-hybridized carbons (Fsp3) is 0.714. The highest BCUT2D eigenvalue weighted by atomic mass is 16.3. The zero-order valence-corrected chi connectivity index (χ0v) is 20.4. The van der Waals surface area contributed by atoms with E-state index in [1.807, 2.05) is 6.08 Å². The number of aliphatic hydroxyl groups excluding tert-OH is 2. The first kappa shape index (κ1) is 22.1. The number of aliphatic hydroxyl groups is 2. The molecule has 0 radical (unpaired) electrons. The van der Waals surface area contributed by atoms with Crippen LogP contribution in [-0.4, -0.2) is 27.9 Å². The van der Waals surface area contributed by atoms with E-state index in [4.69, 9.17) is 0 Å². The van der Waals surface area contributed by atoms with Crippen LogP contribution in [0.2, 0.25) is 0 Å². The van der Waals surface area contributed by atoms with Crippen LogP contribution in [0.5, 0.6) is 0 Å². The van der Waals surface area contributed by atoms with Gasteiger partial charge in [0, 0.05) is 23.8 Å². The van der Waals surface area contributed by atoms with Gasteiger partial charge in [0.05, 0.1) is 6.10 Å². The van der Waals surface area contributed by atoms with Crippen LogP contribution < -0.4 is 0 Å². The van der Waals surface area contributed by atoms with E-state index >= 15 is 0 Å². The quantitative estimate of drug-likeness (QED) is 0.526. The second-order valence-corrected chi connectivity index (χ2v) is 12.7. The Morgan fingerprint density at radius 3 is 2.34 bits per heavy atom. The summed E-state index contributed by atoms with van der Waals surface area (Å²) in [5.74, 6) is 0.460. The maximum atomic E-state index is 12.7. The number of hydrogen-bond acceptors (Lipinski definition) is 4. The number of carbonyl (C=O) groups is 2. The van der Waals surface area contributed by atoms with Crippen molar-refractivity contribution in [2.75, 3.05) is 0 Å². The Bertz CT molecular complexity index is 1020. The van der Waals surface area contributed by atoms with Gasteiger partial charge in [-0.1, -0.05) is 34.6 Å². The molecule has 174 valence electrons. The molecule has 0 amide bonds. The van der Waals surface area contributed by atoms with Crippen molar-refractivity contribution in [2.45, 2.75) is 86.2 Å². The van der Waals surface area contributed by atoms with Gasteiger partial charge >= 0.3 is 0 Å². The van der Waals surface area contributed by atoms with Gasteiger partial charge in [0.15, 0.2) is 5.76 Å². The maximum absolute atomic E-state index is 12.7. The lowest BCUT2D eigenvalue weighted by molar-refractivity contribution is -0.222. The molecule has 4 heteroatoms. The summed E-state index contributed by atoms with van der Waals surface area (Å²) >= 11 is 0. The van der Waals surface area contributed by atoms with Gasteiger partial charge in [-0.15, -0.1) is 0 Å². The van der Waals surface area contributed by atoms with E-state index in [1.54, 1.807) is 13.0 Å². The van der Waals surface area contributed by atoms with E-state index in [1.165, 1.54) is 0 Å². The number of ketones is 2. The number of fused-ring (bicyclic) bond motifs is 7. The van der Waals surface area contributed by atoms with Crippen LogP contribution in [0, 0.1) is 39.4 Å². The van der Waals surface area contributed by atoms with Crippen LogP contribution in [0.25, 0.3) is 0 Å². The van der Waals surface area contributed by atoms with Crippen molar-refractivity contribution in [3.05, 3.63) is 34.6 Å². The molecule has 4 nitrogen and oxygen atoms in total. The average Bonchev–Trinajstić information content (AvgIpc) is 2.71. The molecule has 2 N–H and O–H groups in total. The first-order chi connectivity index (χ1) is 14.8. The Morgan fingerprint density at radius 1 is 1.00 bits per heavy atom. The topological polar surface area (TPSA) is 74.6 Å². The molecule has 8 atom stereocenters. The lowest BCUT2D eigenvalue weighted by Gasteiger charge is -2.71. The summed E-state index contributed by atoms with van der Waals surface area (Å²) in [5, 5.41) is 21.9. The zero-order valence-electron chi connectivity index (χ0n) is 20.4. The van der Waals surface area contributed by atoms with Crippen LogP contribution in [0.15, 0.2) is 34.6 Å². The standard InChI is InChI=1S/C28H38O4/c1-15-11-22-25(3,14-21(15)31)7-9-28(6)24-20(30)12-17-16(2)23(32)19(29)13-18(17)26(24,4)8-10-27(22,28)5/h12-13,15,20,22,24,30,32H,7-11,14H2,1-6H3. The van der Waals surface area contributed by atoms with E-state index in [0.717, 1.165) is 43.3 Å². The Labute approximate surface area is 191 Å². The Kier molecular flexibility index (Phi) is 4.47. The third-order valence-corrected chi connectivity index (χ3v) is 11.2. The summed E-state index contributed by atoms with van der Waals surface area (Å²) in [6.45, 7) is 13.2. The first-order valence-corrected chi connectivity index (χ1v) is 12.4. The summed E-state index contributed by atoms with van der Waals surface area (Å²) < 4.78 is 0. The predicted molar refractivity (Wildman–Crippen MR) is 124 cm³/mol. The molecule has 0 aromatic heterocycles. The van der Waals surface area contributed by atoms with E-state index in [9.17, 15) is 19.8 Å². The van der Waals surface area contributed by atoms with Gasteiger partial charge in [-0.05, 0) is 89.9 Å². The molecule has 0 bridgehead atoms. The van der Waals surface area contributed by atoms with Gasteiger partial charge in [0.2, 0.25) is 5.78 Å². The summed E-state index contributed by atoms with van der Waals surface area (Å²) in [5.41, 5.74) is 2.07. The Balaban J connectivity index is 1.64. The molecular formula is C28H38O4. The van der Waals surface area contributed by atoms with Crippen LogP contribution in [0.1, 0.15) is 80.1 Å². The minimum atomic E-state index is -0.625. The predicted octanol–water partition coefficient (Wildman–Crippen LogP) is 5.47. The van der Waals surface area contributed by atoms with E-state index in [-0.39, 0.29) is 45.0 Å². The van der Waals surface area contributed by atoms with Crippen molar-refractivity contribution >= 4 is 11.6 Å². The first-order valence-electron chi connectivity index (χ1n) is 12.4. The highest BCUT2D eigenvalue weighted by Gasteiger charge is 2.69. The fourth-order valence-electron chi connectivity index (χ4n) is 9.14. The molecule has 0 aromatic rings. The normalized spacial score (nSPS) is 50.6. The van der Waals surface area contributed by atoms with Gasteiger partial charge < -0.3 is 10.2 Å². The minimum absolute atomic E-state index is 0.00192. The van der Waals surface area contributed by atoms with Gasteiger partial charge in [-0.2, -0.15) is 0 Å². The highest BCUT2D eigenvalue weighted by Crippen LogP contribution is 2.75. The van der Waals surface area contributed by atoms with Crippen LogP contribution >= 0.6 is 0 Å². The minimum Gasteiger partial charge on any atom is -0.504 e. The van der Waals surface area contributed by atoms with Crippen molar-refractivity contribution < 1.29 is 19.8 Å². The molecule has 5 aliphatic rings. The van der Waals surface area contributed by atoms with Gasteiger partial charge in [0.1, 0.15) is 5.78 Å². The number of hydrogen-bond donors (Lipinski definition) is 2. The van der Waals surface area contributed by atoms with Crippen molar-refractivity contribution in [1.82, 2.24) is 0 Å². The van der Waals surface area contributed by atoms with E-state index < -0.39 is 6.10 Å². The van der Waals surface area contributed by atoms with Crippen LogP contribution in [0.4, 0.5) is 0 Å². The molecule has 0 saturated heterocycles. The smallest absolute Gasteiger partial charge is 0.220 e. The molecule has 3 fully saturated rings. The average molecular weight is 439 g/mol. The van der Waals surface area contributed by atoms with E-state index in [2.05, 4.69) is 34.6 Å². The molecule has 0 heterocycles. The SMILES string of the molecule is CC1=C(O)C(=O)C=C2C1=CC(O)C1C2(C)CCC2(C)C3CC(C)C(=O)CC3(C)CCC12C. The number of Topliss-reactive ketones (excluding diaryl/α,β-unsaturated/α-hetero) is 1. The zero-order chi connectivity index (χ0) is 23.4. The van der Waals surface area contributed by atoms with Crippen LogP contribution in [0.3, 0.4) is 0 Å². The molecule has 3 saturated carbocycles. The monoisotopic (exact) mass is 438 g/mol. The molecule has 0 aromatic carbocycles. The summed E-state index contributed by atoms with van der Waals surface area (Å²) in [6, 6.07) is 0. The van der Waals surface area contributed by atoms with Crippen LogP contribution in [-0.2, 0) is 9.59 Å². The number of carbonyl (C=O) groups excluding carboxylic acids is 2. The van der Waals surface area contributed by atoms with Gasteiger partial charge in [-0.25, -0.2) is 0 Å². The summed E-state index contributed by atoms with van der Waals surface area (Å²) in [7, 11) is 0. The molecule has 0 aliphatic heterocycles. The molecule has 5 rings (SSSR count). The molecule has 8 unspecified atom stereocenters. The Hall–Kier alpha value is -1.68. The third kappa shape index (κ3) is 2.48. The van der Waals surface area contributed by atoms with Gasteiger partial charge in [-0.3, -0.25) is 9.59 Å². The van der Waals surface area contributed by atoms with Crippen molar-refractivity contribution in [3.8, 4) is 0 Å². The molecule has 32 heavy (non-hydrogen) atoms. The number of rotatable bonds is 0. The second kappa shape index (κ2) is 6.46. The van der Waals surface area contributed by atoms with E-state index in [0.29, 0.717) is 23.7 Å². The lowest BCUT2D eigenvalue weighted by atomic mass is 9.33. The van der Waals surface area contributed by atoms with Crippen molar-refractivity contribution in [1.29, 1.82) is 0 Å². The molecule has 0 spiro atoms. The Morgan fingerprint density at radius 2 is 1.66 bits per heavy atom.